The summed E-state index contributed by atoms with van der Waals surface area (Å²) in [6.07, 6.45) is 6.58. The molecule has 1 fully saturated rings. The van der Waals surface area contributed by atoms with Gasteiger partial charge in [-0.1, -0.05) is 24.6 Å². The van der Waals surface area contributed by atoms with Gasteiger partial charge in [0.15, 0.2) is 0 Å². The van der Waals surface area contributed by atoms with Gasteiger partial charge in [0.2, 0.25) is 0 Å². The van der Waals surface area contributed by atoms with Crippen LogP contribution in [0.25, 0.3) is 0 Å². The molecule has 2 nitrogen and oxygen atoms in total. The van der Waals surface area contributed by atoms with E-state index in [1.54, 1.807) is 12.1 Å². The van der Waals surface area contributed by atoms with Gasteiger partial charge in [0, 0.05) is 32.2 Å². The monoisotopic (exact) mass is 312 g/mol. The van der Waals surface area contributed by atoms with Crippen molar-refractivity contribution in [1.29, 1.82) is 0 Å². The number of halogens is 2. The fourth-order valence-corrected chi connectivity index (χ4v) is 2.87. The van der Waals surface area contributed by atoms with Crippen molar-refractivity contribution in [2.45, 2.75) is 31.7 Å². The van der Waals surface area contributed by atoms with Crippen molar-refractivity contribution >= 4 is 12.4 Å². The summed E-state index contributed by atoms with van der Waals surface area (Å²) in [5, 5.41) is 3.39. The number of unbranched alkanes of at least 4 members (excludes halogenated alkanes) is 2. The van der Waals surface area contributed by atoms with Crippen molar-refractivity contribution in [2.75, 3.05) is 26.2 Å². The van der Waals surface area contributed by atoms with E-state index in [4.69, 9.17) is 0 Å². The molecule has 1 aliphatic rings. The Labute approximate surface area is 133 Å². The standard InChI is InChI=1S/C17H25FN2.ClH/c1-2-3-4-5-6-17(20-13-11-19-12-14-20)15-7-9-16(18)10-8-15;/h2,7-10,17,19H,1,3-6,11-14H2;1H/t17-;/m1./s1. The molecule has 118 valence electrons. The highest BCUT2D eigenvalue weighted by atomic mass is 35.5. The zero-order chi connectivity index (χ0) is 14.2. The third-order valence-corrected chi connectivity index (χ3v) is 3.98. The first-order chi connectivity index (χ1) is 9.81. The zero-order valence-corrected chi connectivity index (χ0v) is 13.4. The maximum Gasteiger partial charge on any atom is 0.123 e. The van der Waals surface area contributed by atoms with E-state index in [0.29, 0.717) is 6.04 Å². The molecule has 0 amide bonds. The van der Waals surface area contributed by atoms with Gasteiger partial charge in [0.05, 0.1) is 0 Å². The Hall–Kier alpha value is -0.900. The Bertz CT molecular complexity index is 402. The average molecular weight is 313 g/mol. The minimum absolute atomic E-state index is 0. The molecule has 1 heterocycles. The lowest BCUT2D eigenvalue weighted by atomic mass is 9.98. The molecule has 0 bridgehead atoms. The number of allylic oxidation sites excluding steroid dienone is 1. The molecule has 0 aromatic heterocycles. The van der Waals surface area contributed by atoms with Crippen molar-refractivity contribution < 1.29 is 4.39 Å². The van der Waals surface area contributed by atoms with Gasteiger partial charge in [-0.15, -0.1) is 19.0 Å². The number of rotatable bonds is 7. The van der Waals surface area contributed by atoms with Crippen LogP contribution in [0.3, 0.4) is 0 Å². The van der Waals surface area contributed by atoms with Crippen molar-refractivity contribution in [2.24, 2.45) is 0 Å². The second kappa shape index (κ2) is 9.93. The maximum absolute atomic E-state index is 13.1. The van der Waals surface area contributed by atoms with E-state index in [9.17, 15) is 4.39 Å². The van der Waals surface area contributed by atoms with Gasteiger partial charge in [-0.2, -0.15) is 0 Å². The first-order valence-corrected chi connectivity index (χ1v) is 7.62. The van der Waals surface area contributed by atoms with Gasteiger partial charge in [-0.05, 0) is 37.0 Å². The summed E-state index contributed by atoms with van der Waals surface area (Å²) in [5.41, 5.74) is 1.24. The topological polar surface area (TPSA) is 15.3 Å². The van der Waals surface area contributed by atoms with Crippen LogP contribution in [0.2, 0.25) is 0 Å². The van der Waals surface area contributed by atoms with E-state index in [1.807, 2.05) is 18.2 Å². The molecule has 0 unspecified atom stereocenters. The molecule has 1 atom stereocenters. The largest absolute Gasteiger partial charge is 0.314 e. The Morgan fingerprint density at radius 1 is 1.19 bits per heavy atom. The minimum Gasteiger partial charge on any atom is -0.314 e. The third kappa shape index (κ3) is 5.77. The van der Waals surface area contributed by atoms with Crippen LogP contribution in [0.4, 0.5) is 4.39 Å². The average Bonchev–Trinajstić information content (AvgIpc) is 2.50. The summed E-state index contributed by atoms with van der Waals surface area (Å²) < 4.78 is 13.1. The van der Waals surface area contributed by atoms with Gasteiger partial charge in [0.1, 0.15) is 5.82 Å². The molecular weight excluding hydrogens is 287 g/mol. The molecule has 0 radical (unpaired) electrons. The molecule has 1 saturated heterocycles. The highest BCUT2D eigenvalue weighted by Gasteiger charge is 2.21. The molecule has 1 aliphatic heterocycles. The van der Waals surface area contributed by atoms with E-state index in [2.05, 4.69) is 16.8 Å². The van der Waals surface area contributed by atoms with E-state index < -0.39 is 0 Å². The van der Waals surface area contributed by atoms with E-state index in [-0.39, 0.29) is 18.2 Å². The maximum atomic E-state index is 13.1. The fraction of sp³-hybridized carbons (Fsp3) is 0.529. The second-order valence-corrected chi connectivity index (χ2v) is 5.43. The van der Waals surface area contributed by atoms with Crippen LogP contribution in [0.15, 0.2) is 36.9 Å². The molecule has 1 N–H and O–H groups in total. The second-order valence-electron chi connectivity index (χ2n) is 5.43. The quantitative estimate of drug-likeness (QED) is 0.606. The molecule has 2 rings (SSSR count). The van der Waals surface area contributed by atoms with Gasteiger partial charge in [-0.3, -0.25) is 4.90 Å². The predicted molar refractivity (Wildman–Crippen MR) is 89.5 cm³/mol. The molecule has 0 spiro atoms. The molecule has 21 heavy (non-hydrogen) atoms. The van der Waals surface area contributed by atoms with Crippen LogP contribution >= 0.6 is 12.4 Å². The lowest BCUT2D eigenvalue weighted by molar-refractivity contribution is 0.163. The molecule has 1 aromatic carbocycles. The predicted octanol–water partition coefficient (Wildman–Crippen LogP) is 3.94. The van der Waals surface area contributed by atoms with E-state index >= 15 is 0 Å². The first-order valence-electron chi connectivity index (χ1n) is 7.62. The number of nitrogens with one attached hydrogen (secondary N) is 1. The summed E-state index contributed by atoms with van der Waals surface area (Å²) >= 11 is 0. The molecule has 4 heteroatoms. The number of benzene rings is 1. The Morgan fingerprint density at radius 2 is 1.86 bits per heavy atom. The van der Waals surface area contributed by atoms with Gasteiger partial charge in [-0.25, -0.2) is 4.39 Å². The van der Waals surface area contributed by atoms with Gasteiger partial charge >= 0.3 is 0 Å². The third-order valence-electron chi connectivity index (χ3n) is 3.98. The highest BCUT2D eigenvalue weighted by molar-refractivity contribution is 5.85. The Kier molecular flexibility index (Phi) is 8.58. The SMILES string of the molecule is C=CCCCC[C@H](c1ccc(F)cc1)N1CCNCC1.Cl. The van der Waals surface area contributed by atoms with Crippen LogP contribution < -0.4 is 5.32 Å². The Morgan fingerprint density at radius 3 is 2.48 bits per heavy atom. The first kappa shape index (κ1) is 18.1. The number of hydrogen-bond acceptors (Lipinski definition) is 2. The van der Waals surface area contributed by atoms with Crippen LogP contribution in [0, 0.1) is 5.82 Å². The number of piperazine rings is 1. The van der Waals surface area contributed by atoms with Crippen LogP contribution in [-0.4, -0.2) is 31.1 Å². The van der Waals surface area contributed by atoms with Crippen molar-refractivity contribution in [3.63, 3.8) is 0 Å². The summed E-state index contributed by atoms with van der Waals surface area (Å²) in [7, 11) is 0. The van der Waals surface area contributed by atoms with Crippen LogP contribution in [0.5, 0.6) is 0 Å². The summed E-state index contributed by atoms with van der Waals surface area (Å²) in [6, 6.07) is 7.45. The van der Waals surface area contributed by atoms with Crippen LogP contribution in [0.1, 0.15) is 37.3 Å². The zero-order valence-electron chi connectivity index (χ0n) is 12.6. The normalized spacial score (nSPS) is 17.0. The summed E-state index contributed by atoms with van der Waals surface area (Å²) in [4.78, 5) is 2.53. The Balaban J connectivity index is 0.00000220. The van der Waals surface area contributed by atoms with Crippen molar-refractivity contribution in [1.82, 2.24) is 10.2 Å². The lowest BCUT2D eigenvalue weighted by Crippen LogP contribution is -2.45. The summed E-state index contributed by atoms with van der Waals surface area (Å²) in [6.45, 7) is 8.01. The molecule has 0 saturated carbocycles. The lowest BCUT2D eigenvalue weighted by Gasteiger charge is -2.35. The van der Waals surface area contributed by atoms with Gasteiger partial charge < -0.3 is 5.32 Å². The molecule has 1 aromatic rings. The number of nitrogens with zero attached hydrogens (tertiary/aromatic N) is 1. The van der Waals surface area contributed by atoms with E-state index in [1.165, 1.54) is 18.4 Å². The fourth-order valence-electron chi connectivity index (χ4n) is 2.87. The van der Waals surface area contributed by atoms with Gasteiger partial charge in [0.25, 0.3) is 0 Å². The molecule has 0 aliphatic carbocycles. The van der Waals surface area contributed by atoms with Crippen molar-refractivity contribution in [3.05, 3.63) is 48.3 Å². The smallest absolute Gasteiger partial charge is 0.123 e. The number of hydrogen-bond donors (Lipinski definition) is 1. The van der Waals surface area contributed by atoms with Crippen molar-refractivity contribution in [3.8, 4) is 0 Å². The minimum atomic E-state index is -0.153. The highest BCUT2D eigenvalue weighted by Crippen LogP contribution is 2.27. The van der Waals surface area contributed by atoms with E-state index in [0.717, 1.165) is 39.0 Å². The van der Waals surface area contributed by atoms with Crippen LogP contribution in [-0.2, 0) is 0 Å². The molecular formula is C17H26ClFN2. The summed E-state index contributed by atoms with van der Waals surface area (Å²) in [5.74, 6) is -0.153.